The van der Waals surface area contributed by atoms with Crippen LogP contribution in [0.15, 0.2) is 6.07 Å². The van der Waals surface area contributed by atoms with Gasteiger partial charge >= 0.3 is 6.61 Å². The van der Waals surface area contributed by atoms with Crippen molar-refractivity contribution in [3.63, 3.8) is 0 Å². The molecule has 3 aliphatic rings. The Hall–Kier alpha value is -1.26. The van der Waals surface area contributed by atoms with Gasteiger partial charge in [0.05, 0.1) is 0 Å². The predicted octanol–water partition coefficient (Wildman–Crippen LogP) is 8.08. The summed E-state index contributed by atoms with van der Waals surface area (Å²) in [5.74, 6) is 0.797. The molecule has 4 rings (SSSR count). The highest BCUT2D eigenvalue weighted by molar-refractivity contribution is 5.40. The predicted molar refractivity (Wildman–Crippen MR) is 114 cm³/mol. The summed E-state index contributed by atoms with van der Waals surface area (Å²) >= 11 is 0. The van der Waals surface area contributed by atoms with Crippen molar-refractivity contribution >= 4 is 0 Å². The van der Waals surface area contributed by atoms with E-state index in [0.717, 1.165) is 24.2 Å². The molecular formula is C26H36F4O. The largest absolute Gasteiger partial charge is 0.429 e. The number of alkyl halides is 2. The molecule has 0 heterocycles. The van der Waals surface area contributed by atoms with Crippen LogP contribution in [-0.4, -0.2) is 6.61 Å². The van der Waals surface area contributed by atoms with Crippen LogP contribution in [0.2, 0.25) is 0 Å². The second-order valence-electron chi connectivity index (χ2n) is 10.3. The zero-order valence-corrected chi connectivity index (χ0v) is 18.7. The maximum Gasteiger partial charge on any atom is 0.387 e. The molecule has 5 atom stereocenters. The van der Waals surface area contributed by atoms with E-state index in [9.17, 15) is 17.6 Å². The minimum absolute atomic E-state index is 0.370. The molecule has 174 valence electrons. The fourth-order valence-corrected chi connectivity index (χ4v) is 6.85. The zero-order chi connectivity index (χ0) is 22.0. The summed E-state index contributed by atoms with van der Waals surface area (Å²) in [6.45, 7) is -0.962. The van der Waals surface area contributed by atoms with Gasteiger partial charge in [-0.15, -0.1) is 0 Å². The molecule has 1 nitrogen and oxygen atoms in total. The molecule has 0 N–H and O–H groups in total. The Labute approximate surface area is 183 Å². The van der Waals surface area contributed by atoms with Crippen molar-refractivity contribution in [3.05, 3.63) is 28.8 Å². The van der Waals surface area contributed by atoms with Gasteiger partial charge in [-0.1, -0.05) is 39.0 Å². The van der Waals surface area contributed by atoms with Crippen molar-refractivity contribution in [2.45, 2.75) is 97.0 Å². The van der Waals surface area contributed by atoms with Gasteiger partial charge in [0.15, 0.2) is 17.4 Å². The number of benzene rings is 1. The van der Waals surface area contributed by atoms with Crippen molar-refractivity contribution in [1.82, 2.24) is 0 Å². The summed E-state index contributed by atoms with van der Waals surface area (Å²) in [4.78, 5) is 0. The van der Waals surface area contributed by atoms with Crippen LogP contribution < -0.4 is 4.74 Å². The van der Waals surface area contributed by atoms with Gasteiger partial charge in [0.25, 0.3) is 0 Å². The van der Waals surface area contributed by atoms with E-state index in [2.05, 4.69) is 11.7 Å². The number of hydrogen-bond acceptors (Lipinski definition) is 1. The highest BCUT2D eigenvalue weighted by atomic mass is 19.3. The molecule has 0 radical (unpaired) electrons. The lowest BCUT2D eigenvalue weighted by atomic mass is 9.61. The van der Waals surface area contributed by atoms with E-state index in [4.69, 9.17) is 0 Å². The summed E-state index contributed by atoms with van der Waals surface area (Å²) in [7, 11) is 0. The summed E-state index contributed by atoms with van der Waals surface area (Å²) in [6.07, 6.45) is 15.3. The number of hydrogen-bond donors (Lipinski definition) is 0. The summed E-state index contributed by atoms with van der Waals surface area (Å²) in [5, 5.41) is 0. The number of rotatable bonds is 7. The van der Waals surface area contributed by atoms with Gasteiger partial charge in [-0.2, -0.15) is 8.78 Å². The highest BCUT2D eigenvalue weighted by Crippen LogP contribution is 2.49. The lowest BCUT2D eigenvalue weighted by molar-refractivity contribution is -0.0548. The quantitative estimate of drug-likeness (QED) is 0.307. The van der Waals surface area contributed by atoms with E-state index in [0.29, 0.717) is 35.8 Å². The lowest BCUT2D eigenvalue weighted by Gasteiger charge is -2.45. The van der Waals surface area contributed by atoms with Gasteiger partial charge in [0.1, 0.15) is 0 Å². The third kappa shape index (κ3) is 5.22. The Bertz CT molecular complexity index is 749. The standard InChI is InChI=1S/C26H36F4O/c1-2-3-4-5-16-6-7-18-13-19(9-8-17(18)12-16)20-10-11-22-21(14-20)15-23(27)25(24(22)28)31-26(29)30/h15-20,26H,2-14H2,1H3. The van der Waals surface area contributed by atoms with E-state index < -0.39 is 24.0 Å². The average molecular weight is 441 g/mol. The van der Waals surface area contributed by atoms with Crippen molar-refractivity contribution in [1.29, 1.82) is 0 Å². The number of unbranched alkanes of at least 4 members (excludes halogenated alkanes) is 2. The maximum atomic E-state index is 14.6. The molecular weight excluding hydrogens is 404 g/mol. The fourth-order valence-electron chi connectivity index (χ4n) is 6.85. The van der Waals surface area contributed by atoms with E-state index in [1.165, 1.54) is 70.3 Å². The second kappa shape index (κ2) is 10.1. The topological polar surface area (TPSA) is 9.23 Å². The highest BCUT2D eigenvalue weighted by Gasteiger charge is 2.39. The van der Waals surface area contributed by atoms with Crippen molar-refractivity contribution in [2.75, 3.05) is 0 Å². The zero-order valence-electron chi connectivity index (χ0n) is 18.7. The Morgan fingerprint density at radius 3 is 2.39 bits per heavy atom. The Balaban J connectivity index is 1.36. The molecule has 0 amide bonds. The molecule has 0 spiro atoms. The van der Waals surface area contributed by atoms with Gasteiger partial charge in [0.2, 0.25) is 0 Å². The first kappa shape index (κ1) is 22.9. The van der Waals surface area contributed by atoms with Crippen LogP contribution >= 0.6 is 0 Å². The average Bonchev–Trinajstić information content (AvgIpc) is 2.76. The van der Waals surface area contributed by atoms with E-state index in [-0.39, 0.29) is 0 Å². The number of ether oxygens (including phenoxy) is 1. The number of halogens is 4. The molecule has 1 aromatic rings. The van der Waals surface area contributed by atoms with Crippen molar-refractivity contribution in [2.24, 2.45) is 29.6 Å². The lowest BCUT2D eigenvalue weighted by Crippen LogP contribution is -2.35. The first-order valence-electron chi connectivity index (χ1n) is 12.4. The van der Waals surface area contributed by atoms with Crippen LogP contribution in [0, 0.1) is 41.2 Å². The van der Waals surface area contributed by atoms with Crippen LogP contribution in [-0.2, 0) is 12.8 Å². The van der Waals surface area contributed by atoms with Gasteiger partial charge in [-0.05, 0) is 98.1 Å². The Kier molecular flexibility index (Phi) is 7.48. The third-order valence-electron chi connectivity index (χ3n) is 8.47. The van der Waals surface area contributed by atoms with Gasteiger partial charge in [0, 0.05) is 0 Å². The maximum absolute atomic E-state index is 14.6. The van der Waals surface area contributed by atoms with E-state index in [1.54, 1.807) is 0 Å². The van der Waals surface area contributed by atoms with Gasteiger partial charge < -0.3 is 4.74 Å². The summed E-state index contributed by atoms with van der Waals surface area (Å²) in [6, 6.07) is 1.23. The first-order chi connectivity index (χ1) is 15.0. The molecule has 31 heavy (non-hydrogen) atoms. The van der Waals surface area contributed by atoms with Crippen LogP contribution in [0.3, 0.4) is 0 Å². The molecule has 2 fully saturated rings. The van der Waals surface area contributed by atoms with Crippen LogP contribution in [0.4, 0.5) is 17.6 Å². The van der Waals surface area contributed by atoms with E-state index >= 15 is 0 Å². The molecule has 5 heteroatoms. The molecule has 0 saturated heterocycles. The van der Waals surface area contributed by atoms with Crippen LogP contribution in [0.1, 0.15) is 88.7 Å². The fraction of sp³-hybridized carbons (Fsp3) is 0.769. The normalized spacial score (nSPS) is 30.7. The van der Waals surface area contributed by atoms with Crippen molar-refractivity contribution in [3.8, 4) is 5.75 Å². The Morgan fingerprint density at radius 2 is 1.65 bits per heavy atom. The molecule has 1 aromatic carbocycles. The summed E-state index contributed by atoms with van der Waals surface area (Å²) < 4.78 is 58.0. The minimum atomic E-state index is -3.23. The molecule has 0 aromatic heterocycles. The smallest absolute Gasteiger partial charge is 0.387 e. The van der Waals surface area contributed by atoms with Gasteiger partial charge in [-0.25, -0.2) is 8.78 Å². The third-order valence-corrected chi connectivity index (χ3v) is 8.47. The molecule has 2 saturated carbocycles. The second-order valence-corrected chi connectivity index (χ2v) is 10.3. The minimum Gasteiger partial charge on any atom is -0.429 e. The monoisotopic (exact) mass is 440 g/mol. The molecule has 3 aliphatic carbocycles. The van der Waals surface area contributed by atoms with Gasteiger partial charge in [-0.3, -0.25) is 0 Å². The summed E-state index contributed by atoms with van der Waals surface area (Å²) in [5.41, 5.74) is 1.02. The number of fused-ring (bicyclic) bond motifs is 2. The Morgan fingerprint density at radius 1 is 0.935 bits per heavy atom. The molecule has 5 unspecified atom stereocenters. The van der Waals surface area contributed by atoms with E-state index in [1.807, 2.05) is 0 Å². The first-order valence-corrected chi connectivity index (χ1v) is 12.4. The van der Waals surface area contributed by atoms with Crippen LogP contribution in [0.25, 0.3) is 0 Å². The SMILES string of the molecule is CCCCCC1CCC2CC(C3CCc4c(cc(F)c(OC(F)F)c4F)C3)CCC2C1. The molecule has 0 bridgehead atoms. The van der Waals surface area contributed by atoms with Crippen LogP contribution in [0.5, 0.6) is 5.75 Å². The molecule has 0 aliphatic heterocycles. The van der Waals surface area contributed by atoms with Crippen molar-refractivity contribution < 1.29 is 22.3 Å².